The smallest absolute Gasteiger partial charge is 0.129 e. The van der Waals surface area contributed by atoms with E-state index in [1.54, 1.807) is 0 Å². The number of benzene rings is 1. The molecule has 2 unspecified atom stereocenters. The predicted octanol–water partition coefficient (Wildman–Crippen LogP) is 4.82. The maximum Gasteiger partial charge on any atom is 0.129 e. The molecule has 0 heterocycles. The van der Waals surface area contributed by atoms with E-state index in [0.717, 1.165) is 16.0 Å². The zero-order valence-electron chi connectivity index (χ0n) is 11.0. The highest BCUT2D eigenvalue weighted by atomic mass is 79.9. The maximum atomic E-state index is 13.9. The quantitative estimate of drug-likeness (QED) is 0.840. The Labute approximate surface area is 117 Å². The molecule has 0 saturated heterocycles. The molecule has 18 heavy (non-hydrogen) atoms. The number of hydrogen-bond donors (Lipinski definition) is 1. The van der Waals surface area contributed by atoms with Gasteiger partial charge in [0.25, 0.3) is 0 Å². The van der Waals surface area contributed by atoms with Crippen LogP contribution in [0.2, 0.25) is 0 Å². The van der Waals surface area contributed by atoms with Gasteiger partial charge in [0.2, 0.25) is 0 Å². The third kappa shape index (κ3) is 3.33. The Morgan fingerprint density at radius 1 is 1.28 bits per heavy atom. The van der Waals surface area contributed by atoms with E-state index in [0.29, 0.717) is 6.04 Å². The lowest BCUT2D eigenvalue weighted by atomic mass is 9.97. The highest BCUT2D eigenvalue weighted by Crippen LogP contribution is 2.29. The van der Waals surface area contributed by atoms with Crippen molar-refractivity contribution in [1.82, 2.24) is 5.32 Å². The molecule has 3 heteroatoms. The summed E-state index contributed by atoms with van der Waals surface area (Å²) in [7, 11) is 0. The van der Waals surface area contributed by atoms with Crippen molar-refractivity contribution >= 4 is 15.9 Å². The van der Waals surface area contributed by atoms with Crippen molar-refractivity contribution < 1.29 is 4.39 Å². The Hall–Kier alpha value is -0.410. The third-order valence-corrected chi connectivity index (χ3v) is 4.54. The van der Waals surface area contributed by atoms with Crippen molar-refractivity contribution in [2.75, 3.05) is 0 Å². The monoisotopic (exact) mass is 313 g/mol. The third-order valence-electron chi connectivity index (χ3n) is 4.05. The summed E-state index contributed by atoms with van der Waals surface area (Å²) in [5.74, 6) is 0.619. The van der Waals surface area contributed by atoms with Gasteiger partial charge in [0.15, 0.2) is 0 Å². The lowest BCUT2D eigenvalue weighted by molar-refractivity contribution is 0.348. The van der Waals surface area contributed by atoms with Gasteiger partial charge in [0.1, 0.15) is 5.82 Å². The van der Waals surface area contributed by atoms with Gasteiger partial charge in [0.05, 0.1) is 0 Å². The molecule has 100 valence electrons. The van der Waals surface area contributed by atoms with E-state index in [-0.39, 0.29) is 11.9 Å². The van der Waals surface area contributed by atoms with Crippen molar-refractivity contribution in [2.45, 2.75) is 51.6 Å². The van der Waals surface area contributed by atoms with Gasteiger partial charge >= 0.3 is 0 Å². The molecular weight excluding hydrogens is 293 g/mol. The Morgan fingerprint density at radius 3 is 2.56 bits per heavy atom. The summed E-state index contributed by atoms with van der Waals surface area (Å²) in [6.07, 6.45) is 5.31. The largest absolute Gasteiger partial charge is 0.307 e. The van der Waals surface area contributed by atoms with Crippen molar-refractivity contribution in [3.05, 3.63) is 34.1 Å². The standard InChI is InChI=1S/C15H21BrFN/c1-10(12-5-3-4-6-12)18-11(2)14-8-7-13(16)9-15(14)17/h7-12,18H,3-6H2,1-2H3. The van der Waals surface area contributed by atoms with Crippen LogP contribution in [-0.4, -0.2) is 6.04 Å². The predicted molar refractivity (Wildman–Crippen MR) is 77.1 cm³/mol. The molecule has 2 rings (SSSR count). The Morgan fingerprint density at radius 2 is 1.94 bits per heavy atom. The fourth-order valence-electron chi connectivity index (χ4n) is 2.93. The molecule has 1 aromatic rings. The Balaban J connectivity index is 2.00. The number of halogens is 2. The minimum atomic E-state index is -0.136. The van der Waals surface area contributed by atoms with Crippen molar-refractivity contribution in [2.24, 2.45) is 5.92 Å². The summed E-state index contributed by atoms with van der Waals surface area (Å²) in [4.78, 5) is 0. The first kappa shape index (κ1) is 14.0. The molecule has 0 aromatic heterocycles. The van der Waals surface area contributed by atoms with Crippen molar-refractivity contribution in [3.8, 4) is 0 Å². The molecule has 1 nitrogen and oxygen atoms in total. The minimum absolute atomic E-state index is 0.0636. The van der Waals surface area contributed by atoms with Crippen LogP contribution in [0.5, 0.6) is 0 Å². The number of rotatable bonds is 4. The van der Waals surface area contributed by atoms with Crippen LogP contribution < -0.4 is 5.32 Å². The van der Waals surface area contributed by atoms with E-state index < -0.39 is 0 Å². The lowest BCUT2D eigenvalue weighted by Crippen LogP contribution is -2.34. The first-order chi connectivity index (χ1) is 8.58. The van der Waals surface area contributed by atoms with Gasteiger partial charge in [-0.3, -0.25) is 0 Å². The highest BCUT2D eigenvalue weighted by Gasteiger charge is 2.23. The molecule has 1 aromatic carbocycles. The van der Waals surface area contributed by atoms with Gasteiger partial charge < -0.3 is 5.32 Å². The molecular formula is C15H21BrFN. The van der Waals surface area contributed by atoms with Crippen LogP contribution in [0.4, 0.5) is 4.39 Å². The van der Waals surface area contributed by atoms with Gasteiger partial charge in [-0.1, -0.05) is 34.8 Å². The van der Waals surface area contributed by atoms with E-state index in [1.165, 1.54) is 31.7 Å². The van der Waals surface area contributed by atoms with Crippen LogP contribution >= 0.6 is 15.9 Å². The molecule has 1 fully saturated rings. The summed E-state index contributed by atoms with van der Waals surface area (Å²) < 4.78 is 14.6. The molecule has 0 amide bonds. The Bertz CT molecular complexity index is 401. The molecule has 0 spiro atoms. The fourth-order valence-corrected chi connectivity index (χ4v) is 3.26. The van der Waals surface area contributed by atoms with Crippen LogP contribution in [0.15, 0.2) is 22.7 Å². The van der Waals surface area contributed by atoms with E-state index in [9.17, 15) is 4.39 Å². The normalized spacial score (nSPS) is 20.0. The number of hydrogen-bond acceptors (Lipinski definition) is 1. The van der Waals surface area contributed by atoms with Crippen LogP contribution in [0.3, 0.4) is 0 Å². The van der Waals surface area contributed by atoms with Gasteiger partial charge in [-0.2, -0.15) is 0 Å². The topological polar surface area (TPSA) is 12.0 Å². The maximum absolute atomic E-state index is 13.9. The molecule has 1 aliphatic rings. The lowest BCUT2D eigenvalue weighted by Gasteiger charge is -2.25. The van der Waals surface area contributed by atoms with Gasteiger partial charge in [-0.25, -0.2) is 4.39 Å². The molecule has 0 radical (unpaired) electrons. The SMILES string of the molecule is CC(NC(C)C1CCCC1)c1ccc(Br)cc1F. The minimum Gasteiger partial charge on any atom is -0.307 e. The average Bonchev–Trinajstić information content (AvgIpc) is 2.81. The average molecular weight is 314 g/mol. The van der Waals surface area contributed by atoms with E-state index in [1.807, 2.05) is 19.1 Å². The summed E-state index contributed by atoms with van der Waals surface area (Å²) in [6, 6.07) is 5.82. The Kier molecular flexibility index (Phi) is 4.79. The molecule has 1 aliphatic carbocycles. The van der Waals surface area contributed by atoms with Gasteiger partial charge in [-0.05, 0) is 44.7 Å². The first-order valence-electron chi connectivity index (χ1n) is 6.79. The zero-order valence-corrected chi connectivity index (χ0v) is 12.6. The molecule has 2 atom stereocenters. The van der Waals surface area contributed by atoms with E-state index in [4.69, 9.17) is 0 Å². The van der Waals surface area contributed by atoms with Crippen LogP contribution in [-0.2, 0) is 0 Å². The van der Waals surface area contributed by atoms with Crippen molar-refractivity contribution in [1.29, 1.82) is 0 Å². The number of nitrogens with one attached hydrogen (secondary N) is 1. The van der Waals surface area contributed by atoms with Gasteiger partial charge in [0, 0.05) is 22.1 Å². The first-order valence-corrected chi connectivity index (χ1v) is 7.58. The van der Waals surface area contributed by atoms with E-state index in [2.05, 4.69) is 28.2 Å². The summed E-state index contributed by atoms with van der Waals surface area (Å²) >= 11 is 3.29. The summed E-state index contributed by atoms with van der Waals surface area (Å²) in [6.45, 7) is 4.26. The van der Waals surface area contributed by atoms with Crippen LogP contribution in [0.25, 0.3) is 0 Å². The second kappa shape index (κ2) is 6.16. The van der Waals surface area contributed by atoms with Crippen molar-refractivity contribution in [3.63, 3.8) is 0 Å². The second-order valence-corrected chi connectivity index (χ2v) is 6.30. The summed E-state index contributed by atoms with van der Waals surface area (Å²) in [5, 5.41) is 3.54. The molecule has 1 N–H and O–H groups in total. The zero-order chi connectivity index (χ0) is 13.1. The van der Waals surface area contributed by atoms with Crippen LogP contribution in [0, 0.1) is 11.7 Å². The molecule has 1 saturated carbocycles. The van der Waals surface area contributed by atoms with E-state index >= 15 is 0 Å². The highest BCUT2D eigenvalue weighted by molar-refractivity contribution is 9.10. The molecule has 0 bridgehead atoms. The summed E-state index contributed by atoms with van der Waals surface area (Å²) in [5.41, 5.74) is 0.753. The van der Waals surface area contributed by atoms with Crippen LogP contribution in [0.1, 0.15) is 51.1 Å². The van der Waals surface area contributed by atoms with Gasteiger partial charge in [-0.15, -0.1) is 0 Å². The molecule has 0 aliphatic heterocycles. The second-order valence-electron chi connectivity index (χ2n) is 5.39. The fraction of sp³-hybridized carbons (Fsp3) is 0.600.